The van der Waals surface area contributed by atoms with Crippen LogP contribution < -0.4 is 10.6 Å². The van der Waals surface area contributed by atoms with Crippen molar-refractivity contribution >= 4 is 11.8 Å². The lowest BCUT2D eigenvalue weighted by molar-refractivity contribution is -0.120. The standard InChI is InChI=1S/C17H26N2O3/c1-12-7-13(2)9-14(8-12)16(22)18-10-15(21)19-11-17(3,4)5-6-20/h7-9,20H,5-6,10-11H2,1-4H3,(H,18,22)(H,19,21). The van der Waals surface area contributed by atoms with Crippen LogP contribution >= 0.6 is 0 Å². The van der Waals surface area contributed by atoms with Gasteiger partial charge in [-0.25, -0.2) is 0 Å². The molecule has 5 nitrogen and oxygen atoms in total. The molecule has 0 bridgehead atoms. The molecule has 0 aliphatic carbocycles. The zero-order valence-electron chi connectivity index (χ0n) is 13.8. The van der Waals surface area contributed by atoms with Gasteiger partial charge in [0.15, 0.2) is 0 Å². The Balaban J connectivity index is 2.45. The van der Waals surface area contributed by atoms with Gasteiger partial charge in [0.25, 0.3) is 5.91 Å². The van der Waals surface area contributed by atoms with Gasteiger partial charge in [0.05, 0.1) is 6.54 Å². The molecule has 2 amide bonds. The van der Waals surface area contributed by atoms with Gasteiger partial charge in [-0.2, -0.15) is 0 Å². The van der Waals surface area contributed by atoms with Crippen LogP contribution in [-0.4, -0.2) is 36.6 Å². The molecule has 122 valence electrons. The first kappa shape index (κ1) is 18.2. The predicted molar refractivity (Wildman–Crippen MR) is 86.7 cm³/mol. The Morgan fingerprint density at radius 1 is 1.09 bits per heavy atom. The molecule has 0 saturated carbocycles. The third-order valence-electron chi connectivity index (χ3n) is 3.45. The maximum Gasteiger partial charge on any atom is 0.251 e. The molecule has 1 rings (SSSR count). The van der Waals surface area contributed by atoms with Crippen molar-refractivity contribution < 1.29 is 14.7 Å². The van der Waals surface area contributed by atoms with E-state index in [1.165, 1.54) is 0 Å². The van der Waals surface area contributed by atoms with Crippen molar-refractivity contribution in [3.05, 3.63) is 34.9 Å². The molecular weight excluding hydrogens is 280 g/mol. The number of carbonyl (C=O) groups excluding carboxylic acids is 2. The van der Waals surface area contributed by atoms with Crippen LogP contribution in [0.2, 0.25) is 0 Å². The second-order valence-corrected chi connectivity index (χ2v) is 6.47. The molecule has 1 aromatic rings. The number of hydrogen-bond acceptors (Lipinski definition) is 3. The van der Waals surface area contributed by atoms with Crippen molar-refractivity contribution in [2.75, 3.05) is 19.7 Å². The summed E-state index contributed by atoms with van der Waals surface area (Å²) in [6, 6.07) is 5.59. The molecule has 3 N–H and O–H groups in total. The number of carbonyl (C=O) groups is 2. The zero-order valence-corrected chi connectivity index (χ0v) is 13.8. The SMILES string of the molecule is Cc1cc(C)cc(C(=O)NCC(=O)NCC(C)(C)CCO)c1. The highest BCUT2D eigenvalue weighted by Gasteiger charge is 2.18. The van der Waals surface area contributed by atoms with Crippen molar-refractivity contribution in [2.45, 2.75) is 34.1 Å². The average molecular weight is 306 g/mol. The van der Waals surface area contributed by atoms with Gasteiger partial charge in [0.1, 0.15) is 0 Å². The molecule has 1 aromatic carbocycles. The highest BCUT2D eigenvalue weighted by molar-refractivity contribution is 5.96. The largest absolute Gasteiger partial charge is 0.396 e. The molecule has 0 spiro atoms. The molecule has 0 aliphatic heterocycles. The predicted octanol–water partition coefficient (Wildman–Crippen LogP) is 1.56. The lowest BCUT2D eigenvalue weighted by Crippen LogP contribution is -2.41. The van der Waals surface area contributed by atoms with Crippen LogP contribution in [0.5, 0.6) is 0 Å². The number of aryl methyl sites for hydroxylation is 2. The monoisotopic (exact) mass is 306 g/mol. The van der Waals surface area contributed by atoms with Gasteiger partial charge in [-0.3, -0.25) is 9.59 Å². The van der Waals surface area contributed by atoms with E-state index in [1.807, 2.05) is 33.8 Å². The molecule has 0 fully saturated rings. The van der Waals surface area contributed by atoms with Gasteiger partial charge in [-0.15, -0.1) is 0 Å². The minimum absolute atomic E-state index is 0.0545. The number of benzene rings is 1. The number of nitrogens with one attached hydrogen (secondary N) is 2. The van der Waals surface area contributed by atoms with Crippen molar-refractivity contribution in [3.63, 3.8) is 0 Å². The van der Waals surface area contributed by atoms with Crippen LogP contribution in [0, 0.1) is 19.3 Å². The quantitative estimate of drug-likeness (QED) is 0.715. The molecule has 5 heteroatoms. The second-order valence-electron chi connectivity index (χ2n) is 6.47. The smallest absolute Gasteiger partial charge is 0.251 e. The second kappa shape index (κ2) is 7.94. The summed E-state index contributed by atoms with van der Waals surface area (Å²) in [4.78, 5) is 23.8. The maximum absolute atomic E-state index is 12.0. The fraction of sp³-hybridized carbons (Fsp3) is 0.529. The van der Waals surface area contributed by atoms with Gasteiger partial charge < -0.3 is 15.7 Å². The van der Waals surface area contributed by atoms with Crippen molar-refractivity contribution in [2.24, 2.45) is 5.41 Å². The summed E-state index contributed by atoms with van der Waals surface area (Å²) < 4.78 is 0. The highest BCUT2D eigenvalue weighted by Crippen LogP contribution is 2.17. The molecule has 0 aliphatic rings. The summed E-state index contributed by atoms with van der Waals surface area (Å²) in [5, 5.41) is 14.3. The number of amides is 2. The topological polar surface area (TPSA) is 78.4 Å². The highest BCUT2D eigenvalue weighted by atomic mass is 16.3. The van der Waals surface area contributed by atoms with E-state index < -0.39 is 0 Å². The summed E-state index contributed by atoms with van der Waals surface area (Å²) in [5.41, 5.74) is 2.42. The van der Waals surface area contributed by atoms with Crippen molar-refractivity contribution in [1.29, 1.82) is 0 Å². The number of aliphatic hydroxyl groups is 1. The molecule has 0 aromatic heterocycles. The van der Waals surface area contributed by atoms with E-state index in [-0.39, 0.29) is 30.4 Å². The first-order chi connectivity index (χ1) is 10.2. The number of hydrogen-bond donors (Lipinski definition) is 3. The lowest BCUT2D eigenvalue weighted by Gasteiger charge is -2.23. The zero-order chi connectivity index (χ0) is 16.8. The van der Waals surface area contributed by atoms with Crippen LogP contribution in [0.4, 0.5) is 0 Å². The van der Waals surface area contributed by atoms with E-state index >= 15 is 0 Å². The van der Waals surface area contributed by atoms with Crippen molar-refractivity contribution in [1.82, 2.24) is 10.6 Å². The Bertz CT molecular complexity index is 518. The molecule has 0 unspecified atom stereocenters. The third-order valence-corrected chi connectivity index (χ3v) is 3.45. The molecular formula is C17H26N2O3. The fourth-order valence-electron chi connectivity index (χ4n) is 2.16. The Kier molecular flexibility index (Phi) is 6.56. The van der Waals surface area contributed by atoms with E-state index in [2.05, 4.69) is 10.6 Å². The van der Waals surface area contributed by atoms with Crippen molar-refractivity contribution in [3.8, 4) is 0 Å². The van der Waals surface area contributed by atoms with Gasteiger partial charge in [0.2, 0.25) is 5.91 Å². The Hall–Kier alpha value is -1.88. The van der Waals surface area contributed by atoms with Crippen LogP contribution in [0.1, 0.15) is 41.8 Å². The Morgan fingerprint density at radius 2 is 1.68 bits per heavy atom. The van der Waals surface area contributed by atoms with E-state index in [0.717, 1.165) is 11.1 Å². The molecule has 0 saturated heterocycles. The molecule has 0 atom stereocenters. The molecule has 0 radical (unpaired) electrons. The van der Waals surface area contributed by atoms with Gasteiger partial charge in [-0.1, -0.05) is 31.0 Å². The summed E-state index contributed by atoms with van der Waals surface area (Å²) in [6.45, 7) is 8.30. The van der Waals surface area contributed by atoms with Gasteiger partial charge >= 0.3 is 0 Å². The van der Waals surface area contributed by atoms with Crippen LogP contribution in [0.15, 0.2) is 18.2 Å². The normalized spacial score (nSPS) is 11.1. The van der Waals surface area contributed by atoms with E-state index in [1.54, 1.807) is 12.1 Å². The Morgan fingerprint density at radius 3 is 2.23 bits per heavy atom. The Labute approximate surface area is 132 Å². The summed E-state index contributed by atoms with van der Waals surface area (Å²) in [5.74, 6) is -0.486. The van der Waals surface area contributed by atoms with Gasteiger partial charge in [0, 0.05) is 18.7 Å². The number of rotatable bonds is 7. The average Bonchev–Trinajstić information content (AvgIpc) is 2.41. The molecule has 0 heterocycles. The van der Waals surface area contributed by atoms with Gasteiger partial charge in [-0.05, 0) is 37.8 Å². The van der Waals surface area contributed by atoms with E-state index in [0.29, 0.717) is 18.5 Å². The van der Waals surface area contributed by atoms with E-state index in [4.69, 9.17) is 5.11 Å². The summed E-state index contributed by atoms with van der Waals surface area (Å²) in [6.07, 6.45) is 0.613. The number of aliphatic hydroxyl groups excluding tert-OH is 1. The fourth-order valence-corrected chi connectivity index (χ4v) is 2.16. The third kappa shape index (κ3) is 6.26. The van der Waals surface area contributed by atoms with E-state index in [9.17, 15) is 9.59 Å². The van der Waals surface area contributed by atoms with Crippen LogP contribution in [-0.2, 0) is 4.79 Å². The first-order valence-corrected chi connectivity index (χ1v) is 7.47. The summed E-state index contributed by atoms with van der Waals surface area (Å²) in [7, 11) is 0. The molecule has 22 heavy (non-hydrogen) atoms. The lowest BCUT2D eigenvalue weighted by atomic mass is 9.90. The summed E-state index contributed by atoms with van der Waals surface area (Å²) >= 11 is 0. The minimum Gasteiger partial charge on any atom is -0.396 e. The maximum atomic E-state index is 12.0. The first-order valence-electron chi connectivity index (χ1n) is 7.47. The van der Waals surface area contributed by atoms with Crippen LogP contribution in [0.3, 0.4) is 0 Å². The minimum atomic E-state index is -0.253. The van der Waals surface area contributed by atoms with Crippen LogP contribution in [0.25, 0.3) is 0 Å².